The number of hydrogen-bond acceptors (Lipinski definition) is 6. The van der Waals surface area contributed by atoms with Crippen molar-refractivity contribution in [3.63, 3.8) is 0 Å². The van der Waals surface area contributed by atoms with E-state index in [-0.39, 0.29) is 31.4 Å². The van der Waals surface area contributed by atoms with Crippen molar-refractivity contribution in [2.45, 2.75) is 33.5 Å². The van der Waals surface area contributed by atoms with Crippen molar-refractivity contribution in [3.8, 4) is 0 Å². The van der Waals surface area contributed by atoms with Crippen LogP contribution in [0.15, 0.2) is 86.3 Å². The van der Waals surface area contributed by atoms with E-state index in [0.29, 0.717) is 32.8 Å². The highest BCUT2D eigenvalue weighted by molar-refractivity contribution is 7.17. The van der Waals surface area contributed by atoms with Crippen LogP contribution in [0.5, 0.6) is 0 Å². The number of thiophene rings is 1. The topological polar surface area (TPSA) is 115 Å². The molecule has 0 atom stereocenters. The Balaban J connectivity index is 1.36. The molecule has 10 heteroatoms. The van der Waals surface area contributed by atoms with Gasteiger partial charge in [0.15, 0.2) is 0 Å². The quantitative estimate of drug-likeness (QED) is 0.307. The largest absolute Gasteiger partial charge is 0.467 e. The Kier molecular flexibility index (Phi) is 7.29. The maximum absolute atomic E-state index is 13.4. The van der Waals surface area contributed by atoms with Gasteiger partial charge in [-0.3, -0.25) is 23.5 Å². The Labute approximate surface area is 227 Å². The van der Waals surface area contributed by atoms with E-state index in [1.165, 1.54) is 22.2 Å². The molecule has 0 fully saturated rings. The lowest BCUT2D eigenvalue weighted by Gasteiger charge is -2.13. The Morgan fingerprint density at radius 1 is 0.949 bits per heavy atom. The van der Waals surface area contributed by atoms with Crippen molar-refractivity contribution in [1.29, 1.82) is 0 Å². The predicted octanol–water partition coefficient (Wildman–Crippen LogP) is 4.05. The first kappa shape index (κ1) is 25.9. The van der Waals surface area contributed by atoms with E-state index in [4.69, 9.17) is 4.42 Å². The molecule has 0 aliphatic heterocycles. The SMILES string of the molecule is Cc1ccc(NC(=O)Cn2c(=O)n(Cc3ccc(C(=O)NCc4ccco4)cc3)c(=O)c3sccc32)cc1C. The zero-order chi connectivity index (χ0) is 27.5. The van der Waals surface area contributed by atoms with Gasteiger partial charge < -0.3 is 15.1 Å². The van der Waals surface area contributed by atoms with Crippen LogP contribution < -0.4 is 21.9 Å². The lowest BCUT2D eigenvalue weighted by atomic mass is 10.1. The summed E-state index contributed by atoms with van der Waals surface area (Å²) in [5.41, 5.74) is 3.31. The smallest absolute Gasteiger partial charge is 0.332 e. The number of hydrogen-bond donors (Lipinski definition) is 2. The Bertz CT molecular complexity index is 1780. The van der Waals surface area contributed by atoms with Gasteiger partial charge in [-0.05, 0) is 78.4 Å². The van der Waals surface area contributed by atoms with Crippen LogP contribution in [0.2, 0.25) is 0 Å². The Morgan fingerprint density at radius 2 is 1.74 bits per heavy atom. The van der Waals surface area contributed by atoms with Crippen molar-refractivity contribution in [2.24, 2.45) is 0 Å². The van der Waals surface area contributed by atoms with E-state index in [9.17, 15) is 19.2 Å². The summed E-state index contributed by atoms with van der Waals surface area (Å²) in [6.45, 7) is 3.97. The van der Waals surface area contributed by atoms with E-state index in [0.717, 1.165) is 15.7 Å². The second-order valence-corrected chi connectivity index (χ2v) is 10.1. The van der Waals surface area contributed by atoms with Crippen LogP contribution in [-0.2, 0) is 24.4 Å². The maximum atomic E-state index is 13.4. The third-order valence-electron chi connectivity index (χ3n) is 6.49. The molecule has 0 saturated carbocycles. The van der Waals surface area contributed by atoms with Crippen molar-refractivity contribution in [2.75, 3.05) is 5.32 Å². The van der Waals surface area contributed by atoms with Gasteiger partial charge in [-0.25, -0.2) is 4.79 Å². The molecule has 198 valence electrons. The summed E-state index contributed by atoms with van der Waals surface area (Å²) in [5.74, 6) is -0.00233. The van der Waals surface area contributed by atoms with E-state index < -0.39 is 11.2 Å². The number of rotatable bonds is 8. The summed E-state index contributed by atoms with van der Waals surface area (Å²) >= 11 is 1.22. The summed E-state index contributed by atoms with van der Waals surface area (Å²) in [4.78, 5) is 51.9. The zero-order valence-corrected chi connectivity index (χ0v) is 22.2. The first-order chi connectivity index (χ1) is 18.8. The summed E-state index contributed by atoms with van der Waals surface area (Å²) in [6, 6.07) is 17.5. The number of nitrogens with zero attached hydrogens (tertiary/aromatic N) is 2. The Hall–Kier alpha value is -4.70. The fourth-order valence-electron chi connectivity index (χ4n) is 4.22. The first-order valence-corrected chi connectivity index (χ1v) is 13.2. The van der Waals surface area contributed by atoms with Crippen LogP contribution in [0.25, 0.3) is 10.2 Å². The van der Waals surface area contributed by atoms with Crippen molar-refractivity contribution in [3.05, 3.63) is 121 Å². The molecule has 2 amide bonds. The van der Waals surface area contributed by atoms with Gasteiger partial charge >= 0.3 is 5.69 Å². The molecule has 0 aliphatic rings. The summed E-state index contributed by atoms with van der Waals surface area (Å²) in [7, 11) is 0. The van der Waals surface area contributed by atoms with Crippen LogP contribution in [0.3, 0.4) is 0 Å². The average Bonchev–Trinajstić information content (AvgIpc) is 3.63. The first-order valence-electron chi connectivity index (χ1n) is 12.3. The lowest BCUT2D eigenvalue weighted by molar-refractivity contribution is -0.116. The molecule has 0 saturated heterocycles. The minimum absolute atomic E-state index is 0.00141. The van der Waals surface area contributed by atoms with Gasteiger partial charge in [-0.2, -0.15) is 0 Å². The van der Waals surface area contributed by atoms with Gasteiger partial charge in [0.05, 0.1) is 24.9 Å². The van der Waals surface area contributed by atoms with Crippen LogP contribution in [0.1, 0.15) is 32.8 Å². The van der Waals surface area contributed by atoms with E-state index >= 15 is 0 Å². The maximum Gasteiger partial charge on any atom is 0.332 e. The molecule has 0 bridgehead atoms. The van der Waals surface area contributed by atoms with E-state index in [1.807, 2.05) is 32.0 Å². The van der Waals surface area contributed by atoms with Crippen LogP contribution in [0.4, 0.5) is 5.69 Å². The van der Waals surface area contributed by atoms with Crippen molar-refractivity contribution >= 4 is 39.1 Å². The highest BCUT2D eigenvalue weighted by atomic mass is 32.1. The third kappa shape index (κ3) is 5.60. The van der Waals surface area contributed by atoms with Crippen LogP contribution in [-0.4, -0.2) is 20.9 Å². The molecule has 5 rings (SSSR count). The second kappa shape index (κ2) is 11.0. The summed E-state index contributed by atoms with van der Waals surface area (Å²) in [5, 5.41) is 7.34. The predicted molar refractivity (Wildman–Crippen MR) is 150 cm³/mol. The number of furan rings is 1. The molecule has 2 aromatic carbocycles. The standard InChI is InChI=1S/C29H26N4O5S/c1-18-5-10-22(14-19(18)2)31-25(34)17-32-24-11-13-39-26(24)28(36)33(29(32)37)16-20-6-8-21(9-7-20)27(35)30-15-23-4-3-12-38-23/h3-14H,15-17H2,1-2H3,(H,30,35)(H,31,34). The van der Waals surface area contributed by atoms with E-state index in [2.05, 4.69) is 10.6 Å². The van der Waals surface area contributed by atoms with Gasteiger partial charge in [0.25, 0.3) is 11.5 Å². The Morgan fingerprint density at radius 3 is 2.46 bits per heavy atom. The van der Waals surface area contributed by atoms with Crippen LogP contribution in [0, 0.1) is 13.8 Å². The molecule has 5 aromatic rings. The molecule has 3 aromatic heterocycles. The van der Waals surface area contributed by atoms with Crippen molar-refractivity contribution < 1.29 is 14.0 Å². The van der Waals surface area contributed by atoms with E-state index in [1.54, 1.807) is 47.8 Å². The highest BCUT2D eigenvalue weighted by Gasteiger charge is 2.17. The molecule has 0 aliphatic carbocycles. The number of benzene rings is 2. The zero-order valence-electron chi connectivity index (χ0n) is 21.4. The lowest BCUT2D eigenvalue weighted by Crippen LogP contribution is -2.41. The molecular formula is C29H26N4O5S. The number of aryl methyl sites for hydroxylation is 2. The molecule has 9 nitrogen and oxygen atoms in total. The molecule has 3 heterocycles. The highest BCUT2D eigenvalue weighted by Crippen LogP contribution is 2.17. The monoisotopic (exact) mass is 542 g/mol. The normalized spacial score (nSPS) is 11.0. The van der Waals surface area contributed by atoms with Gasteiger partial charge in [0.1, 0.15) is 17.0 Å². The summed E-state index contributed by atoms with van der Waals surface area (Å²) in [6.07, 6.45) is 1.54. The molecule has 39 heavy (non-hydrogen) atoms. The number of anilines is 1. The number of carbonyl (C=O) groups is 2. The van der Waals surface area contributed by atoms with Gasteiger partial charge in [0.2, 0.25) is 5.91 Å². The molecule has 0 spiro atoms. The minimum Gasteiger partial charge on any atom is -0.467 e. The van der Waals surface area contributed by atoms with Gasteiger partial charge in [-0.1, -0.05) is 18.2 Å². The average molecular weight is 543 g/mol. The van der Waals surface area contributed by atoms with Gasteiger partial charge in [0, 0.05) is 11.3 Å². The molecule has 2 N–H and O–H groups in total. The summed E-state index contributed by atoms with van der Waals surface area (Å²) < 4.78 is 8.05. The number of aromatic nitrogens is 2. The fraction of sp³-hybridized carbons (Fsp3) is 0.172. The number of nitrogens with one attached hydrogen (secondary N) is 2. The number of fused-ring (bicyclic) bond motifs is 1. The fourth-order valence-corrected chi connectivity index (χ4v) is 5.06. The number of amides is 2. The minimum atomic E-state index is -0.582. The van der Waals surface area contributed by atoms with Crippen LogP contribution >= 0.6 is 11.3 Å². The molecule has 0 unspecified atom stereocenters. The molecular weight excluding hydrogens is 516 g/mol. The third-order valence-corrected chi connectivity index (χ3v) is 7.38. The second-order valence-electron chi connectivity index (χ2n) is 9.20. The number of carbonyl (C=O) groups excluding carboxylic acids is 2. The van der Waals surface area contributed by atoms with Gasteiger partial charge in [-0.15, -0.1) is 11.3 Å². The van der Waals surface area contributed by atoms with Crippen molar-refractivity contribution in [1.82, 2.24) is 14.5 Å². The molecule has 0 radical (unpaired) electrons.